The quantitative estimate of drug-likeness (QED) is 0.468. The highest BCUT2D eigenvalue weighted by Gasteiger charge is 2.21. The third kappa shape index (κ3) is 3.68. The largest absolute Gasteiger partial charge is 0.347 e. The molecule has 0 aliphatic rings. The molecule has 1 N–H and O–H groups in total. The van der Waals surface area contributed by atoms with Crippen LogP contribution in [0.2, 0.25) is 0 Å². The van der Waals surface area contributed by atoms with Gasteiger partial charge in [-0.3, -0.25) is 9.20 Å². The first-order valence-electron chi connectivity index (χ1n) is 9.16. The predicted molar refractivity (Wildman–Crippen MR) is 116 cm³/mol. The number of hydrogen-bond donors (Lipinski definition) is 1. The summed E-state index contributed by atoms with van der Waals surface area (Å²) in [6.45, 7) is 4.81. The Morgan fingerprint density at radius 3 is 2.62 bits per heavy atom. The number of nitrogens with one attached hydrogen (secondary N) is 1. The van der Waals surface area contributed by atoms with Gasteiger partial charge in [0.05, 0.1) is 15.3 Å². The van der Waals surface area contributed by atoms with Crippen LogP contribution in [0.25, 0.3) is 15.3 Å². The van der Waals surface area contributed by atoms with Crippen LogP contribution in [0.5, 0.6) is 0 Å². The number of benzene rings is 1. The molecular weight excluding hydrogens is 428 g/mol. The molecule has 0 aliphatic heterocycles. The second-order valence-electron chi connectivity index (χ2n) is 6.38. The Bertz CT molecular complexity index is 1270. The van der Waals surface area contributed by atoms with Gasteiger partial charge in [-0.2, -0.15) is 4.31 Å². The molecule has 1 amide bonds. The van der Waals surface area contributed by atoms with Gasteiger partial charge >= 0.3 is 0 Å². The Balaban J connectivity index is 1.44. The van der Waals surface area contributed by atoms with Crippen molar-refractivity contribution in [3.05, 3.63) is 52.3 Å². The Morgan fingerprint density at radius 1 is 1.21 bits per heavy atom. The van der Waals surface area contributed by atoms with Crippen LogP contribution in [0.15, 0.2) is 46.8 Å². The molecule has 0 radical (unpaired) electrons. The number of thiazole rings is 1. The first kappa shape index (κ1) is 20.0. The Labute approximate surface area is 176 Å². The van der Waals surface area contributed by atoms with Crippen molar-refractivity contribution in [1.29, 1.82) is 0 Å². The molecule has 0 saturated heterocycles. The SMILES string of the molecule is CCN(CC)S(=O)(=O)c1ccc(CNC(=O)c2cc3c(nc4sccn43)s2)cc1. The molecule has 0 bridgehead atoms. The van der Waals surface area contributed by atoms with Crippen molar-refractivity contribution < 1.29 is 13.2 Å². The Hall–Kier alpha value is -2.27. The van der Waals surface area contributed by atoms with Crippen molar-refractivity contribution in [2.24, 2.45) is 0 Å². The first-order valence-corrected chi connectivity index (χ1v) is 12.3. The predicted octanol–water partition coefficient (Wildman–Crippen LogP) is 3.57. The fraction of sp³-hybridized carbons (Fsp3) is 0.263. The summed E-state index contributed by atoms with van der Waals surface area (Å²) in [6, 6.07) is 8.48. The summed E-state index contributed by atoms with van der Waals surface area (Å²) in [7, 11) is -3.47. The average Bonchev–Trinajstić information content (AvgIpc) is 3.39. The van der Waals surface area contributed by atoms with Gasteiger partial charge in [0.25, 0.3) is 5.91 Å². The molecule has 3 aromatic heterocycles. The van der Waals surface area contributed by atoms with Crippen LogP contribution in [-0.4, -0.2) is 41.1 Å². The number of nitrogens with zero attached hydrogens (tertiary/aromatic N) is 3. The summed E-state index contributed by atoms with van der Waals surface area (Å²) in [6.07, 6.45) is 1.94. The summed E-state index contributed by atoms with van der Waals surface area (Å²) >= 11 is 2.92. The second kappa shape index (κ2) is 7.86. The van der Waals surface area contributed by atoms with E-state index in [9.17, 15) is 13.2 Å². The van der Waals surface area contributed by atoms with Crippen LogP contribution in [0, 0.1) is 0 Å². The minimum Gasteiger partial charge on any atom is -0.347 e. The lowest BCUT2D eigenvalue weighted by Gasteiger charge is -2.18. The van der Waals surface area contributed by atoms with Gasteiger partial charge in [-0.15, -0.1) is 22.7 Å². The third-order valence-electron chi connectivity index (χ3n) is 4.68. The maximum atomic E-state index is 12.5. The summed E-state index contributed by atoms with van der Waals surface area (Å²) in [5, 5.41) is 4.85. The zero-order valence-corrected chi connectivity index (χ0v) is 18.4. The minimum absolute atomic E-state index is 0.170. The van der Waals surface area contributed by atoms with Gasteiger partial charge in [-0.05, 0) is 23.8 Å². The molecule has 0 aliphatic carbocycles. The second-order valence-corrected chi connectivity index (χ2v) is 10.2. The van der Waals surface area contributed by atoms with E-state index in [0.717, 1.165) is 20.9 Å². The minimum atomic E-state index is -3.47. The molecule has 4 aromatic rings. The van der Waals surface area contributed by atoms with E-state index in [1.807, 2.05) is 35.9 Å². The molecule has 4 rings (SSSR count). The van der Waals surface area contributed by atoms with Crippen LogP contribution >= 0.6 is 22.7 Å². The van der Waals surface area contributed by atoms with E-state index in [0.29, 0.717) is 24.5 Å². The number of hydrogen-bond acceptors (Lipinski definition) is 6. The number of imidazole rings is 1. The van der Waals surface area contributed by atoms with Crippen molar-refractivity contribution >= 4 is 53.9 Å². The fourth-order valence-corrected chi connectivity index (χ4v) is 6.30. The molecule has 0 saturated carbocycles. The van der Waals surface area contributed by atoms with Gasteiger partial charge in [0.15, 0.2) is 4.96 Å². The van der Waals surface area contributed by atoms with Gasteiger partial charge < -0.3 is 5.32 Å². The number of aromatic nitrogens is 2. The Morgan fingerprint density at radius 2 is 1.93 bits per heavy atom. The lowest BCUT2D eigenvalue weighted by molar-refractivity contribution is 0.0955. The monoisotopic (exact) mass is 448 g/mol. The molecule has 7 nitrogen and oxygen atoms in total. The van der Waals surface area contributed by atoms with Gasteiger partial charge in [0, 0.05) is 31.2 Å². The summed E-state index contributed by atoms with van der Waals surface area (Å²) in [4.78, 5) is 19.6. The van der Waals surface area contributed by atoms with Crippen LogP contribution in [-0.2, 0) is 16.6 Å². The number of rotatable bonds is 7. The highest BCUT2D eigenvalue weighted by Crippen LogP contribution is 2.28. The van der Waals surface area contributed by atoms with E-state index >= 15 is 0 Å². The highest BCUT2D eigenvalue weighted by atomic mass is 32.2. The van der Waals surface area contributed by atoms with E-state index in [1.165, 1.54) is 15.6 Å². The van der Waals surface area contributed by atoms with Gasteiger partial charge in [0.1, 0.15) is 4.83 Å². The highest BCUT2D eigenvalue weighted by molar-refractivity contribution is 7.89. The molecule has 0 spiro atoms. The maximum absolute atomic E-state index is 12.5. The molecular formula is C19H20N4O3S3. The zero-order chi connectivity index (χ0) is 20.6. The summed E-state index contributed by atoms with van der Waals surface area (Å²) < 4.78 is 28.5. The maximum Gasteiger partial charge on any atom is 0.261 e. The van der Waals surface area contributed by atoms with Crippen molar-refractivity contribution in [1.82, 2.24) is 19.0 Å². The van der Waals surface area contributed by atoms with Crippen LogP contribution in [0.1, 0.15) is 29.1 Å². The van der Waals surface area contributed by atoms with E-state index in [1.54, 1.807) is 35.6 Å². The van der Waals surface area contributed by atoms with Crippen LogP contribution in [0.4, 0.5) is 0 Å². The van der Waals surface area contributed by atoms with E-state index in [2.05, 4.69) is 10.3 Å². The third-order valence-corrected chi connectivity index (χ3v) is 8.52. The number of carbonyl (C=O) groups is 1. The summed E-state index contributed by atoms with van der Waals surface area (Å²) in [5.74, 6) is -0.170. The fourth-order valence-electron chi connectivity index (χ4n) is 3.12. The van der Waals surface area contributed by atoms with Crippen molar-refractivity contribution in [2.75, 3.05) is 13.1 Å². The first-order chi connectivity index (χ1) is 13.9. The molecule has 0 fully saturated rings. The van der Waals surface area contributed by atoms with Crippen LogP contribution in [0.3, 0.4) is 0 Å². The van der Waals surface area contributed by atoms with Gasteiger partial charge in [0.2, 0.25) is 10.0 Å². The van der Waals surface area contributed by atoms with Crippen LogP contribution < -0.4 is 5.32 Å². The van der Waals surface area contributed by atoms with Crippen molar-refractivity contribution in [3.63, 3.8) is 0 Å². The number of fused-ring (bicyclic) bond motifs is 3. The van der Waals surface area contributed by atoms with Crippen molar-refractivity contribution in [2.45, 2.75) is 25.3 Å². The lowest BCUT2D eigenvalue weighted by atomic mass is 10.2. The zero-order valence-electron chi connectivity index (χ0n) is 16.0. The standard InChI is InChI=1S/C19H20N4O3S3/c1-3-22(4-2)29(25,26)14-7-5-13(6-8-14)12-20-17(24)16-11-15-18(28-16)21-19-23(15)9-10-27-19/h5-11H,3-4,12H2,1-2H3,(H,20,24). The topological polar surface area (TPSA) is 83.8 Å². The smallest absolute Gasteiger partial charge is 0.261 e. The van der Waals surface area contributed by atoms with Crippen molar-refractivity contribution in [3.8, 4) is 0 Å². The number of sulfonamides is 1. The summed E-state index contributed by atoms with van der Waals surface area (Å²) in [5.41, 5.74) is 1.77. The average molecular weight is 449 g/mol. The van der Waals surface area contributed by atoms with E-state index in [-0.39, 0.29) is 10.8 Å². The molecule has 10 heteroatoms. The molecule has 0 atom stereocenters. The number of carbonyl (C=O) groups excluding carboxylic acids is 1. The lowest BCUT2D eigenvalue weighted by Crippen LogP contribution is -2.30. The molecule has 3 heterocycles. The molecule has 152 valence electrons. The number of thiophene rings is 1. The van der Waals surface area contributed by atoms with E-state index in [4.69, 9.17) is 0 Å². The number of amides is 1. The van der Waals surface area contributed by atoms with Gasteiger partial charge in [-0.1, -0.05) is 26.0 Å². The Kier molecular flexibility index (Phi) is 5.43. The molecule has 29 heavy (non-hydrogen) atoms. The van der Waals surface area contributed by atoms with E-state index < -0.39 is 10.0 Å². The molecule has 0 unspecified atom stereocenters. The molecule has 1 aromatic carbocycles. The normalized spacial score (nSPS) is 12.2. The van der Waals surface area contributed by atoms with Gasteiger partial charge in [-0.25, -0.2) is 13.4 Å².